The third-order valence-corrected chi connectivity index (χ3v) is 4.00. The summed E-state index contributed by atoms with van der Waals surface area (Å²) in [6, 6.07) is 15.3. The van der Waals surface area contributed by atoms with Gasteiger partial charge < -0.3 is 10.1 Å². The molecule has 0 amide bonds. The van der Waals surface area contributed by atoms with Gasteiger partial charge in [0, 0.05) is 6.04 Å². The molecule has 0 aliphatic carbocycles. The third-order valence-electron chi connectivity index (χ3n) is 4.00. The van der Waals surface area contributed by atoms with E-state index in [2.05, 4.69) is 56.4 Å². The van der Waals surface area contributed by atoms with Gasteiger partial charge in [0.05, 0.1) is 7.11 Å². The van der Waals surface area contributed by atoms with Gasteiger partial charge in [-0.3, -0.25) is 0 Å². The predicted molar refractivity (Wildman–Crippen MR) is 89.0 cm³/mol. The minimum Gasteiger partial charge on any atom is -0.496 e. The summed E-state index contributed by atoms with van der Waals surface area (Å²) in [5.74, 6) is 0.962. The summed E-state index contributed by atoms with van der Waals surface area (Å²) in [6.45, 7) is 7.43. The molecule has 0 spiro atoms. The fourth-order valence-electron chi connectivity index (χ4n) is 2.63. The Morgan fingerprint density at radius 2 is 1.81 bits per heavy atom. The van der Waals surface area contributed by atoms with Crippen LogP contribution < -0.4 is 10.1 Å². The van der Waals surface area contributed by atoms with E-state index in [1.54, 1.807) is 7.11 Å². The van der Waals surface area contributed by atoms with Crippen LogP contribution in [0.1, 0.15) is 35.2 Å². The van der Waals surface area contributed by atoms with E-state index >= 15 is 0 Å². The van der Waals surface area contributed by atoms with E-state index in [0.29, 0.717) is 6.04 Å². The van der Waals surface area contributed by atoms with Gasteiger partial charge in [-0.05, 0) is 55.1 Å². The summed E-state index contributed by atoms with van der Waals surface area (Å²) < 4.78 is 5.48. The van der Waals surface area contributed by atoms with Crippen LogP contribution in [0.4, 0.5) is 0 Å². The van der Waals surface area contributed by atoms with Gasteiger partial charge in [0.25, 0.3) is 0 Å². The van der Waals surface area contributed by atoms with Crippen LogP contribution in [0.15, 0.2) is 42.5 Å². The number of hydrogen-bond acceptors (Lipinski definition) is 2. The summed E-state index contributed by atoms with van der Waals surface area (Å²) in [5, 5.41) is 3.59. The highest BCUT2D eigenvalue weighted by atomic mass is 16.5. The molecule has 21 heavy (non-hydrogen) atoms. The van der Waals surface area contributed by atoms with E-state index in [1.807, 2.05) is 12.1 Å². The molecular formula is C19H25NO. The zero-order chi connectivity index (χ0) is 15.2. The lowest BCUT2D eigenvalue weighted by Gasteiger charge is -2.20. The summed E-state index contributed by atoms with van der Waals surface area (Å²) in [4.78, 5) is 0. The second-order valence-corrected chi connectivity index (χ2v) is 5.47. The number of methoxy groups -OCH3 is 1. The molecule has 112 valence electrons. The monoisotopic (exact) mass is 283 g/mol. The highest BCUT2D eigenvalue weighted by Gasteiger charge is 2.14. The first-order valence-corrected chi connectivity index (χ1v) is 7.58. The molecule has 0 fully saturated rings. The average Bonchev–Trinajstić information content (AvgIpc) is 2.50. The highest BCUT2D eigenvalue weighted by Crippen LogP contribution is 2.26. The van der Waals surface area contributed by atoms with Crippen LogP contribution >= 0.6 is 0 Å². The second kappa shape index (κ2) is 7.28. The van der Waals surface area contributed by atoms with Crippen molar-refractivity contribution in [2.24, 2.45) is 0 Å². The number of benzene rings is 2. The zero-order valence-electron chi connectivity index (χ0n) is 13.4. The standard InChI is InChI=1S/C19H25NO/c1-5-20-18(16-11-10-14(2)15(3)12-16)13-17-8-6-7-9-19(17)21-4/h6-12,18,20H,5,13H2,1-4H3. The van der Waals surface area contributed by atoms with Crippen LogP contribution in [-0.4, -0.2) is 13.7 Å². The zero-order valence-corrected chi connectivity index (χ0v) is 13.4. The van der Waals surface area contributed by atoms with Crippen molar-refractivity contribution in [1.29, 1.82) is 0 Å². The largest absolute Gasteiger partial charge is 0.496 e. The van der Waals surface area contributed by atoms with Crippen molar-refractivity contribution in [3.8, 4) is 5.75 Å². The maximum atomic E-state index is 5.48. The van der Waals surface area contributed by atoms with Crippen LogP contribution in [-0.2, 0) is 6.42 Å². The van der Waals surface area contributed by atoms with Gasteiger partial charge in [-0.25, -0.2) is 0 Å². The Morgan fingerprint density at radius 1 is 1.05 bits per heavy atom. The molecule has 1 unspecified atom stereocenters. The summed E-state index contributed by atoms with van der Waals surface area (Å²) in [6.07, 6.45) is 0.931. The van der Waals surface area contributed by atoms with Crippen molar-refractivity contribution in [2.45, 2.75) is 33.2 Å². The number of aryl methyl sites for hydroxylation is 2. The molecule has 0 aliphatic rings. The second-order valence-electron chi connectivity index (χ2n) is 5.47. The fraction of sp³-hybridized carbons (Fsp3) is 0.368. The average molecular weight is 283 g/mol. The third kappa shape index (κ3) is 3.85. The highest BCUT2D eigenvalue weighted by molar-refractivity contribution is 5.37. The number of nitrogens with one attached hydrogen (secondary N) is 1. The molecule has 0 aromatic heterocycles. The molecule has 2 heteroatoms. The Labute approximate surface area is 128 Å². The van der Waals surface area contributed by atoms with E-state index in [4.69, 9.17) is 4.74 Å². The molecule has 2 rings (SSSR count). The van der Waals surface area contributed by atoms with Gasteiger partial charge in [0.2, 0.25) is 0 Å². The molecular weight excluding hydrogens is 258 g/mol. The van der Waals surface area contributed by atoms with Gasteiger partial charge >= 0.3 is 0 Å². The molecule has 1 atom stereocenters. The number of likely N-dealkylation sites (N-methyl/N-ethyl adjacent to an activating group) is 1. The summed E-state index contributed by atoms with van der Waals surface area (Å²) >= 11 is 0. The first kappa shape index (κ1) is 15.6. The van der Waals surface area contributed by atoms with Crippen LogP contribution in [0.3, 0.4) is 0 Å². The molecule has 0 aliphatic heterocycles. The molecule has 2 nitrogen and oxygen atoms in total. The van der Waals surface area contributed by atoms with E-state index in [9.17, 15) is 0 Å². The van der Waals surface area contributed by atoms with Crippen molar-refractivity contribution in [3.05, 3.63) is 64.7 Å². The molecule has 2 aromatic carbocycles. The van der Waals surface area contributed by atoms with Crippen molar-refractivity contribution in [2.75, 3.05) is 13.7 Å². The lowest BCUT2D eigenvalue weighted by molar-refractivity contribution is 0.405. The van der Waals surface area contributed by atoms with Crippen molar-refractivity contribution in [3.63, 3.8) is 0 Å². The lowest BCUT2D eigenvalue weighted by atomic mass is 9.95. The number of rotatable bonds is 6. The Hall–Kier alpha value is -1.80. The van der Waals surface area contributed by atoms with Crippen LogP contribution in [0.5, 0.6) is 5.75 Å². The normalized spacial score (nSPS) is 12.2. The lowest BCUT2D eigenvalue weighted by Crippen LogP contribution is -2.23. The summed E-state index contributed by atoms with van der Waals surface area (Å²) in [5.41, 5.74) is 5.26. The van der Waals surface area contributed by atoms with Crippen LogP contribution in [0.25, 0.3) is 0 Å². The van der Waals surface area contributed by atoms with E-state index in [1.165, 1.54) is 22.3 Å². The topological polar surface area (TPSA) is 21.3 Å². The number of ether oxygens (including phenoxy) is 1. The fourth-order valence-corrected chi connectivity index (χ4v) is 2.63. The molecule has 2 aromatic rings. The quantitative estimate of drug-likeness (QED) is 0.857. The SMILES string of the molecule is CCNC(Cc1ccccc1OC)c1ccc(C)c(C)c1. The van der Waals surface area contributed by atoms with Crippen molar-refractivity contribution < 1.29 is 4.74 Å². The van der Waals surface area contributed by atoms with Crippen LogP contribution in [0, 0.1) is 13.8 Å². The Bertz CT molecular complexity index is 592. The van der Waals surface area contributed by atoms with Gasteiger partial charge in [-0.15, -0.1) is 0 Å². The summed E-state index contributed by atoms with van der Waals surface area (Å²) in [7, 11) is 1.73. The molecule has 0 heterocycles. The predicted octanol–water partition coefficient (Wildman–Crippen LogP) is 4.21. The van der Waals surface area contributed by atoms with Gasteiger partial charge in [0.1, 0.15) is 5.75 Å². The van der Waals surface area contributed by atoms with E-state index in [0.717, 1.165) is 18.7 Å². The van der Waals surface area contributed by atoms with E-state index in [-0.39, 0.29) is 0 Å². The molecule has 0 saturated heterocycles. The minimum absolute atomic E-state index is 0.311. The number of hydrogen-bond donors (Lipinski definition) is 1. The molecule has 1 N–H and O–H groups in total. The van der Waals surface area contributed by atoms with Crippen molar-refractivity contribution in [1.82, 2.24) is 5.32 Å². The Kier molecular flexibility index (Phi) is 5.40. The van der Waals surface area contributed by atoms with E-state index < -0.39 is 0 Å². The smallest absolute Gasteiger partial charge is 0.122 e. The maximum absolute atomic E-state index is 5.48. The van der Waals surface area contributed by atoms with Crippen LogP contribution in [0.2, 0.25) is 0 Å². The van der Waals surface area contributed by atoms with Gasteiger partial charge in [-0.2, -0.15) is 0 Å². The molecule has 0 bridgehead atoms. The molecule has 0 saturated carbocycles. The van der Waals surface area contributed by atoms with Gasteiger partial charge in [0.15, 0.2) is 0 Å². The Balaban J connectivity index is 2.28. The van der Waals surface area contributed by atoms with Crippen molar-refractivity contribution >= 4 is 0 Å². The van der Waals surface area contributed by atoms with Gasteiger partial charge in [-0.1, -0.05) is 43.3 Å². The Morgan fingerprint density at radius 3 is 2.48 bits per heavy atom. The minimum atomic E-state index is 0.311. The number of para-hydroxylation sites is 1. The molecule has 0 radical (unpaired) electrons. The first-order valence-electron chi connectivity index (χ1n) is 7.58. The first-order chi connectivity index (χ1) is 10.2. The maximum Gasteiger partial charge on any atom is 0.122 e.